The Labute approximate surface area is 117 Å². The van der Waals surface area contributed by atoms with Crippen LogP contribution >= 0.6 is 0 Å². The molecule has 0 aliphatic rings. The molecule has 0 aliphatic heterocycles. The van der Waals surface area contributed by atoms with Crippen molar-refractivity contribution in [2.45, 2.75) is 13.8 Å². The third-order valence-corrected chi connectivity index (χ3v) is 3.10. The maximum absolute atomic E-state index is 10.9. The lowest BCUT2D eigenvalue weighted by molar-refractivity contribution is -0.384. The summed E-state index contributed by atoms with van der Waals surface area (Å²) < 4.78 is 5.70. The summed E-state index contributed by atoms with van der Waals surface area (Å²) in [5, 5.41) is 13.8. The van der Waals surface area contributed by atoms with Gasteiger partial charge in [-0.05, 0) is 37.1 Å². The maximum atomic E-state index is 10.9. The number of hydrogen-bond donors (Lipinski definition) is 1. The Morgan fingerprint density at radius 3 is 2.40 bits per heavy atom. The van der Waals surface area contributed by atoms with Crippen LogP contribution < -0.4 is 10.1 Å². The Kier molecular flexibility index (Phi) is 3.89. The van der Waals surface area contributed by atoms with Crippen LogP contribution in [0.2, 0.25) is 0 Å². The summed E-state index contributed by atoms with van der Waals surface area (Å²) in [6.45, 7) is 4.01. The van der Waals surface area contributed by atoms with E-state index in [1.807, 2.05) is 32.0 Å². The standard InChI is InChI=1S/C15H16N2O3/c1-10-4-5-14(6-11(10)2)20-15-8-12(16-3)7-13(9-15)17(18)19/h4-9,16H,1-3H3. The van der Waals surface area contributed by atoms with Crippen LogP contribution in [0.5, 0.6) is 11.5 Å². The molecule has 0 unspecified atom stereocenters. The van der Waals surface area contributed by atoms with Crippen molar-refractivity contribution >= 4 is 11.4 Å². The van der Waals surface area contributed by atoms with Crippen LogP contribution in [0, 0.1) is 24.0 Å². The summed E-state index contributed by atoms with van der Waals surface area (Å²) in [7, 11) is 1.71. The molecule has 0 amide bonds. The van der Waals surface area contributed by atoms with E-state index >= 15 is 0 Å². The molecule has 20 heavy (non-hydrogen) atoms. The summed E-state index contributed by atoms with van der Waals surface area (Å²) in [6, 6.07) is 10.3. The Bertz CT molecular complexity index is 654. The van der Waals surface area contributed by atoms with Crippen molar-refractivity contribution in [3.8, 4) is 11.5 Å². The maximum Gasteiger partial charge on any atom is 0.275 e. The van der Waals surface area contributed by atoms with Gasteiger partial charge in [-0.1, -0.05) is 6.07 Å². The van der Waals surface area contributed by atoms with E-state index in [4.69, 9.17) is 4.74 Å². The zero-order valence-corrected chi connectivity index (χ0v) is 11.6. The molecule has 0 saturated heterocycles. The van der Waals surface area contributed by atoms with Gasteiger partial charge in [-0.3, -0.25) is 10.1 Å². The van der Waals surface area contributed by atoms with Crippen LogP contribution in [-0.2, 0) is 0 Å². The highest BCUT2D eigenvalue weighted by atomic mass is 16.6. The number of nitrogens with zero attached hydrogens (tertiary/aromatic N) is 1. The van der Waals surface area contributed by atoms with Crippen LogP contribution in [0.4, 0.5) is 11.4 Å². The number of ether oxygens (including phenoxy) is 1. The molecule has 2 rings (SSSR count). The average Bonchev–Trinajstić information content (AvgIpc) is 2.42. The molecule has 0 saturated carbocycles. The molecular weight excluding hydrogens is 256 g/mol. The lowest BCUT2D eigenvalue weighted by Crippen LogP contribution is -1.94. The predicted molar refractivity (Wildman–Crippen MR) is 78.6 cm³/mol. The molecule has 0 heterocycles. The SMILES string of the molecule is CNc1cc(Oc2ccc(C)c(C)c2)cc([N+](=O)[O-])c1. The minimum Gasteiger partial charge on any atom is -0.457 e. The Hall–Kier alpha value is -2.56. The molecule has 5 heteroatoms. The first-order valence-electron chi connectivity index (χ1n) is 6.22. The van der Waals surface area contributed by atoms with Gasteiger partial charge >= 0.3 is 0 Å². The first-order valence-corrected chi connectivity index (χ1v) is 6.22. The van der Waals surface area contributed by atoms with Gasteiger partial charge in [0.2, 0.25) is 0 Å². The van der Waals surface area contributed by atoms with Crippen molar-refractivity contribution < 1.29 is 9.66 Å². The fourth-order valence-electron chi connectivity index (χ4n) is 1.81. The summed E-state index contributed by atoms with van der Waals surface area (Å²) >= 11 is 0. The van der Waals surface area contributed by atoms with Gasteiger partial charge in [-0.15, -0.1) is 0 Å². The second kappa shape index (κ2) is 5.61. The van der Waals surface area contributed by atoms with Crippen molar-refractivity contribution in [3.63, 3.8) is 0 Å². The Morgan fingerprint density at radius 1 is 1.05 bits per heavy atom. The zero-order valence-electron chi connectivity index (χ0n) is 11.6. The number of anilines is 1. The van der Waals surface area contributed by atoms with E-state index in [1.165, 1.54) is 17.7 Å². The predicted octanol–water partition coefficient (Wildman–Crippen LogP) is 4.05. The van der Waals surface area contributed by atoms with E-state index in [0.29, 0.717) is 17.2 Å². The molecule has 104 valence electrons. The normalized spacial score (nSPS) is 10.2. The van der Waals surface area contributed by atoms with Crippen LogP contribution in [0.15, 0.2) is 36.4 Å². The molecule has 2 aromatic rings. The van der Waals surface area contributed by atoms with Gasteiger partial charge in [0.05, 0.1) is 11.0 Å². The third-order valence-electron chi connectivity index (χ3n) is 3.10. The second-order valence-electron chi connectivity index (χ2n) is 4.57. The summed E-state index contributed by atoms with van der Waals surface area (Å²) in [6.07, 6.45) is 0. The van der Waals surface area contributed by atoms with Crippen molar-refractivity contribution in [1.29, 1.82) is 0 Å². The van der Waals surface area contributed by atoms with Gasteiger partial charge < -0.3 is 10.1 Å². The fraction of sp³-hybridized carbons (Fsp3) is 0.200. The lowest BCUT2D eigenvalue weighted by atomic mass is 10.1. The van der Waals surface area contributed by atoms with Crippen LogP contribution in [-0.4, -0.2) is 12.0 Å². The smallest absolute Gasteiger partial charge is 0.275 e. The number of nitro benzene ring substituents is 1. The monoisotopic (exact) mass is 272 g/mol. The molecule has 0 aliphatic carbocycles. The van der Waals surface area contributed by atoms with Crippen LogP contribution in [0.25, 0.3) is 0 Å². The summed E-state index contributed by atoms with van der Waals surface area (Å²) in [5.74, 6) is 1.10. The second-order valence-corrected chi connectivity index (χ2v) is 4.57. The van der Waals surface area contributed by atoms with E-state index in [0.717, 1.165) is 5.56 Å². The molecule has 0 spiro atoms. The van der Waals surface area contributed by atoms with Crippen molar-refractivity contribution in [1.82, 2.24) is 0 Å². The first kappa shape index (κ1) is 13.9. The third kappa shape index (κ3) is 3.06. The topological polar surface area (TPSA) is 64.4 Å². The number of hydrogen-bond acceptors (Lipinski definition) is 4. The highest BCUT2D eigenvalue weighted by Gasteiger charge is 2.11. The minimum absolute atomic E-state index is 0.00400. The van der Waals surface area contributed by atoms with Gasteiger partial charge in [-0.25, -0.2) is 0 Å². The van der Waals surface area contributed by atoms with Gasteiger partial charge in [0.15, 0.2) is 0 Å². The molecule has 0 radical (unpaired) electrons. The van der Waals surface area contributed by atoms with Crippen LogP contribution in [0.1, 0.15) is 11.1 Å². The molecule has 5 nitrogen and oxygen atoms in total. The van der Waals surface area contributed by atoms with E-state index in [9.17, 15) is 10.1 Å². The summed E-state index contributed by atoms with van der Waals surface area (Å²) in [4.78, 5) is 10.5. The molecule has 0 atom stereocenters. The highest BCUT2D eigenvalue weighted by molar-refractivity contribution is 5.56. The van der Waals surface area contributed by atoms with E-state index in [2.05, 4.69) is 5.32 Å². The number of benzene rings is 2. The zero-order chi connectivity index (χ0) is 14.7. The Balaban J connectivity index is 2.34. The number of aryl methyl sites for hydroxylation is 2. The van der Waals surface area contributed by atoms with E-state index < -0.39 is 4.92 Å². The molecule has 0 aromatic heterocycles. The van der Waals surface area contributed by atoms with Gasteiger partial charge in [0.25, 0.3) is 5.69 Å². The van der Waals surface area contributed by atoms with Gasteiger partial charge in [0, 0.05) is 24.9 Å². The number of nitro groups is 1. The highest BCUT2D eigenvalue weighted by Crippen LogP contribution is 2.30. The Morgan fingerprint density at radius 2 is 1.80 bits per heavy atom. The number of non-ortho nitro benzene ring substituents is 1. The van der Waals surface area contributed by atoms with Crippen molar-refractivity contribution in [3.05, 3.63) is 57.6 Å². The number of rotatable bonds is 4. The molecule has 0 bridgehead atoms. The summed E-state index contributed by atoms with van der Waals surface area (Å²) in [5.41, 5.74) is 2.92. The van der Waals surface area contributed by atoms with E-state index in [-0.39, 0.29) is 5.69 Å². The fourth-order valence-corrected chi connectivity index (χ4v) is 1.81. The average molecular weight is 272 g/mol. The largest absolute Gasteiger partial charge is 0.457 e. The van der Waals surface area contributed by atoms with Gasteiger partial charge in [-0.2, -0.15) is 0 Å². The lowest BCUT2D eigenvalue weighted by Gasteiger charge is -2.09. The van der Waals surface area contributed by atoms with Crippen molar-refractivity contribution in [2.75, 3.05) is 12.4 Å². The van der Waals surface area contributed by atoms with E-state index in [1.54, 1.807) is 13.1 Å². The quantitative estimate of drug-likeness (QED) is 0.673. The first-order chi connectivity index (χ1) is 9.49. The molecule has 0 fully saturated rings. The van der Waals surface area contributed by atoms with Crippen molar-refractivity contribution in [2.24, 2.45) is 0 Å². The van der Waals surface area contributed by atoms with Gasteiger partial charge in [0.1, 0.15) is 11.5 Å². The molecular formula is C15H16N2O3. The minimum atomic E-state index is -0.436. The van der Waals surface area contributed by atoms with Crippen LogP contribution in [0.3, 0.4) is 0 Å². The molecule has 1 N–H and O–H groups in total. The number of nitrogens with one attached hydrogen (secondary N) is 1. The molecule has 2 aromatic carbocycles.